The van der Waals surface area contributed by atoms with Crippen molar-refractivity contribution < 1.29 is 9.53 Å². The maximum Gasteiger partial charge on any atom is 0.263 e. The Morgan fingerprint density at radius 2 is 1.86 bits per heavy atom. The van der Waals surface area contributed by atoms with Crippen LogP contribution in [0.1, 0.15) is 5.56 Å². The van der Waals surface area contributed by atoms with E-state index in [1.165, 1.54) is 5.56 Å². The molecule has 0 unspecified atom stereocenters. The number of nitrogens with zero attached hydrogens (tertiary/aromatic N) is 1. The van der Waals surface area contributed by atoms with Gasteiger partial charge < -0.3 is 10.1 Å². The summed E-state index contributed by atoms with van der Waals surface area (Å²) in [5.74, 6) is 0.774. The Morgan fingerprint density at radius 3 is 2.64 bits per heavy atom. The van der Waals surface area contributed by atoms with Crippen molar-refractivity contribution in [3.63, 3.8) is 0 Å². The van der Waals surface area contributed by atoms with Crippen molar-refractivity contribution in [2.75, 3.05) is 11.9 Å². The van der Waals surface area contributed by atoms with Crippen LogP contribution in [0.2, 0.25) is 5.02 Å². The van der Waals surface area contributed by atoms with E-state index in [9.17, 15) is 4.79 Å². The van der Waals surface area contributed by atoms with Crippen molar-refractivity contribution >= 4 is 34.2 Å². The minimum absolute atomic E-state index is 0.114. The van der Waals surface area contributed by atoms with Crippen LogP contribution >= 0.6 is 11.6 Å². The zero-order valence-electron chi connectivity index (χ0n) is 15.2. The fourth-order valence-electron chi connectivity index (χ4n) is 2.97. The number of aromatic amines is 1. The number of nitrogens with one attached hydrogen (secondary N) is 2. The lowest BCUT2D eigenvalue weighted by Gasteiger charge is -2.06. The SMILES string of the molecule is Cc1cccc(-c2ccc3c(NC(=O)COc4ccc(Cl)cc4)n[nH]c3c2)c1. The molecule has 4 rings (SSSR count). The second-order valence-corrected chi connectivity index (χ2v) is 6.93. The maximum absolute atomic E-state index is 12.2. The van der Waals surface area contributed by atoms with Gasteiger partial charge in [-0.3, -0.25) is 9.89 Å². The van der Waals surface area contributed by atoms with Gasteiger partial charge in [-0.1, -0.05) is 47.5 Å². The van der Waals surface area contributed by atoms with Crippen molar-refractivity contribution in [2.24, 2.45) is 0 Å². The van der Waals surface area contributed by atoms with Crippen LogP contribution in [-0.4, -0.2) is 22.7 Å². The summed E-state index contributed by atoms with van der Waals surface area (Å²) >= 11 is 5.84. The zero-order chi connectivity index (χ0) is 19.5. The molecule has 0 saturated heterocycles. The summed E-state index contributed by atoms with van der Waals surface area (Å²) in [6.07, 6.45) is 0. The summed E-state index contributed by atoms with van der Waals surface area (Å²) < 4.78 is 5.46. The number of halogens is 1. The van der Waals surface area contributed by atoms with Gasteiger partial charge in [0.05, 0.1) is 5.52 Å². The van der Waals surface area contributed by atoms with E-state index >= 15 is 0 Å². The molecule has 1 aromatic heterocycles. The van der Waals surface area contributed by atoms with Gasteiger partial charge in [-0.25, -0.2) is 0 Å². The molecule has 140 valence electrons. The van der Waals surface area contributed by atoms with Crippen LogP contribution in [-0.2, 0) is 4.79 Å². The van der Waals surface area contributed by atoms with Crippen LogP contribution in [0.3, 0.4) is 0 Å². The third kappa shape index (κ3) is 4.00. The van der Waals surface area contributed by atoms with Crippen LogP contribution in [0, 0.1) is 6.92 Å². The van der Waals surface area contributed by atoms with Crippen LogP contribution in [0.4, 0.5) is 5.82 Å². The summed E-state index contributed by atoms with van der Waals surface area (Å²) in [5.41, 5.74) is 4.28. The van der Waals surface area contributed by atoms with E-state index in [4.69, 9.17) is 16.3 Å². The van der Waals surface area contributed by atoms with Gasteiger partial charge in [0.15, 0.2) is 12.4 Å². The highest BCUT2D eigenvalue weighted by molar-refractivity contribution is 6.30. The summed E-state index contributed by atoms with van der Waals surface area (Å²) in [6.45, 7) is 1.95. The quantitative estimate of drug-likeness (QED) is 0.490. The van der Waals surface area contributed by atoms with Crippen molar-refractivity contribution in [1.29, 1.82) is 0 Å². The topological polar surface area (TPSA) is 67.0 Å². The predicted molar refractivity (Wildman–Crippen MR) is 112 cm³/mol. The molecule has 0 aliphatic carbocycles. The average Bonchev–Trinajstić information content (AvgIpc) is 3.09. The molecule has 0 radical (unpaired) electrons. The smallest absolute Gasteiger partial charge is 0.263 e. The van der Waals surface area contributed by atoms with Gasteiger partial charge in [-0.15, -0.1) is 0 Å². The molecule has 6 heteroatoms. The number of aromatic nitrogens is 2. The first-order chi connectivity index (χ1) is 13.6. The second-order valence-electron chi connectivity index (χ2n) is 6.49. The van der Waals surface area contributed by atoms with E-state index in [2.05, 4.69) is 40.6 Å². The fourth-order valence-corrected chi connectivity index (χ4v) is 3.09. The molecule has 4 aromatic rings. The highest BCUT2D eigenvalue weighted by atomic mass is 35.5. The Balaban J connectivity index is 1.47. The molecule has 0 atom stereocenters. The summed E-state index contributed by atoms with van der Waals surface area (Å²) in [5, 5.41) is 11.4. The highest BCUT2D eigenvalue weighted by Crippen LogP contribution is 2.27. The number of benzene rings is 3. The number of anilines is 1. The van der Waals surface area contributed by atoms with Gasteiger partial charge in [-0.05, 0) is 54.4 Å². The Hall–Kier alpha value is -3.31. The molecule has 28 heavy (non-hydrogen) atoms. The lowest BCUT2D eigenvalue weighted by Crippen LogP contribution is -2.20. The number of rotatable bonds is 5. The third-order valence-corrected chi connectivity index (χ3v) is 4.61. The van der Waals surface area contributed by atoms with E-state index in [1.807, 2.05) is 24.3 Å². The Kier molecular flexibility index (Phi) is 5.00. The minimum atomic E-state index is -0.286. The van der Waals surface area contributed by atoms with Gasteiger partial charge in [0.1, 0.15) is 5.75 Å². The zero-order valence-corrected chi connectivity index (χ0v) is 16.0. The number of fused-ring (bicyclic) bond motifs is 1. The normalized spacial score (nSPS) is 10.8. The molecule has 0 fully saturated rings. The standard InChI is InChI=1S/C22H18ClN3O2/c1-14-3-2-4-15(11-14)16-5-10-19-20(12-16)25-26-22(19)24-21(27)13-28-18-8-6-17(23)7-9-18/h2-12H,13H2,1H3,(H2,24,25,26,27). The Bertz CT molecular complexity index is 1140. The first-order valence-corrected chi connectivity index (χ1v) is 9.20. The van der Waals surface area contributed by atoms with E-state index in [1.54, 1.807) is 24.3 Å². The molecule has 0 aliphatic heterocycles. The van der Waals surface area contributed by atoms with Crippen LogP contribution in [0.15, 0.2) is 66.7 Å². The van der Waals surface area contributed by atoms with E-state index in [-0.39, 0.29) is 12.5 Å². The number of carbonyl (C=O) groups excluding carboxylic acids is 1. The number of aryl methyl sites for hydroxylation is 1. The number of hydrogen-bond donors (Lipinski definition) is 2. The highest BCUT2D eigenvalue weighted by Gasteiger charge is 2.11. The van der Waals surface area contributed by atoms with E-state index in [0.29, 0.717) is 16.6 Å². The minimum Gasteiger partial charge on any atom is -0.484 e. The van der Waals surface area contributed by atoms with Gasteiger partial charge in [0.2, 0.25) is 0 Å². The molecule has 3 aromatic carbocycles. The van der Waals surface area contributed by atoms with E-state index in [0.717, 1.165) is 22.0 Å². The maximum atomic E-state index is 12.2. The molecule has 0 saturated carbocycles. The summed E-state index contributed by atoms with van der Waals surface area (Å²) in [6, 6.07) is 21.2. The summed E-state index contributed by atoms with van der Waals surface area (Å²) in [4.78, 5) is 12.2. The average molecular weight is 392 g/mol. The van der Waals surface area contributed by atoms with Gasteiger partial charge in [0.25, 0.3) is 5.91 Å². The molecule has 1 heterocycles. The molecular weight excluding hydrogens is 374 g/mol. The molecule has 0 aliphatic rings. The van der Waals surface area contributed by atoms with Crippen LogP contribution < -0.4 is 10.1 Å². The molecule has 2 N–H and O–H groups in total. The van der Waals surface area contributed by atoms with Crippen molar-refractivity contribution in [3.05, 3.63) is 77.3 Å². The first-order valence-electron chi connectivity index (χ1n) is 8.82. The predicted octanol–water partition coefficient (Wildman–Crippen LogP) is 5.21. The lowest BCUT2D eigenvalue weighted by atomic mass is 10.0. The molecular formula is C22H18ClN3O2. The van der Waals surface area contributed by atoms with Crippen molar-refractivity contribution in [1.82, 2.24) is 10.2 Å². The monoisotopic (exact) mass is 391 g/mol. The van der Waals surface area contributed by atoms with Crippen LogP contribution in [0.5, 0.6) is 5.75 Å². The van der Waals surface area contributed by atoms with Crippen molar-refractivity contribution in [2.45, 2.75) is 6.92 Å². The van der Waals surface area contributed by atoms with E-state index < -0.39 is 0 Å². The van der Waals surface area contributed by atoms with Gasteiger partial charge >= 0.3 is 0 Å². The number of hydrogen-bond acceptors (Lipinski definition) is 3. The second kappa shape index (κ2) is 7.74. The number of carbonyl (C=O) groups is 1. The Labute approximate surface area is 167 Å². The van der Waals surface area contributed by atoms with Gasteiger partial charge in [-0.2, -0.15) is 5.10 Å². The molecule has 1 amide bonds. The molecule has 0 bridgehead atoms. The summed E-state index contributed by atoms with van der Waals surface area (Å²) in [7, 11) is 0. The van der Waals surface area contributed by atoms with Crippen LogP contribution in [0.25, 0.3) is 22.0 Å². The number of ether oxygens (including phenoxy) is 1. The molecule has 5 nitrogen and oxygen atoms in total. The largest absolute Gasteiger partial charge is 0.484 e. The third-order valence-electron chi connectivity index (χ3n) is 4.36. The number of H-pyrrole nitrogens is 1. The van der Waals surface area contributed by atoms with Crippen molar-refractivity contribution in [3.8, 4) is 16.9 Å². The Morgan fingerprint density at radius 1 is 1.07 bits per heavy atom. The molecule has 0 spiro atoms. The number of amides is 1. The lowest BCUT2D eigenvalue weighted by molar-refractivity contribution is -0.118. The van der Waals surface area contributed by atoms with Gasteiger partial charge in [0, 0.05) is 10.4 Å². The fraction of sp³-hybridized carbons (Fsp3) is 0.0909. The first kappa shape index (κ1) is 18.1.